The Morgan fingerprint density at radius 1 is 1.46 bits per heavy atom. The molecular formula is C12H16O. The van der Waals surface area contributed by atoms with Crippen LogP contribution in [0.5, 0.6) is 0 Å². The van der Waals surface area contributed by atoms with Crippen molar-refractivity contribution in [3.05, 3.63) is 35.4 Å². The van der Waals surface area contributed by atoms with Gasteiger partial charge in [0.2, 0.25) is 0 Å². The quantitative estimate of drug-likeness (QED) is 0.644. The lowest BCUT2D eigenvalue weighted by Crippen LogP contribution is -1.98. The van der Waals surface area contributed by atoms with Gasteiger partial charge in [-0.3, -0.25) is 0 Å². The molecule has 1 rings (SSSR count). The monoisotopic (exact) mass is 176 g/mol. The van der Waals surface area contributed by atoms with Gasteiger partial charge < -0.3 is 4.79 Å². The SMILES string of the molecule is CCC(CC=O)c1cccc(C)c1. The molecule has 0 fully saturated rings. The molecule has 0 aliphatic carbocycles. The smallest absolute Gasteiger partial charge is 0.120 e. The van der Waals surface area contributed by atoms with Crippen LogP contribution in [0.2, 0.25) is 0 Å². The second-order valence-corrected chi connectivity index (χ2v) is 3.42. The fraction of sp³-hybridized carbons (Fsp3) is 0.417. The first-order valence-electron chi connectivity index (χ1n) is 4.78. The molecule has 0 amide bonds. The van der Waals surface area contributed by atoms with Gasteiger partial charge in [-0.1, -0.05) is 36.8 Å². The lowest BCUT2D eigenvalue weighted by atomic mass is 9.93. The standard InChI is InChI=1S/C12H16O/c1-3-11(7-8-13)12-6-4-5-10(2)9-12/h4-6,8-9,11H,3,7H2,1-2H3. The van der Waals surface area contributed by atoms with Gasteiger partial charge in [0.1, 0.15) is 6.29 Å². The van der Waals surface area contributed by atoms with E-state index in [4.69, 9.17) is 0 Å². The van der Waals surface area contributed by atoms with Crippen LogP contribution in [0.3, 0.4) is 0 Å². The summed E-state index contributed by atoms with van der Waals surface area (Å²) in [6, 6.07) is 8.40. The average molecular weight is 176 g/mol. The minimum Gasteiger partial charge on any atom is -0.303 e. The molecule has 1 aromatic rings. The third-order valence-corrected chi connectivity index (χ3v) is 2.39. The normalized spacial score (nSPS) is 12.5. The van der Waals surface area contributed by atoms with E-state index in [0.717, 1.165) is 12.7 Å². The summed E-state index contributed by atoms with van der Waals surface area (Å²) in [6.07, 6.45) is 2.68. The Kier molecular flexibility index (Phi) is 3.69. The maximum Gasteiger partial charge on any atom is 0.120 e. The fourth-order valence-corrected chi connectivity index (χ4v) is 1.58. The highest BCUT2D eigenvalue weighted by Crippen LogP contribution is 2.22. The molecular weight excluding hydrogens is 160 g/mol. The molecule has 1 heteroatoms. The number of aldehydes is 1. The van der Waals surface area contributed by atoms with Crippen molar-refractivity contribution in [1.82, 2.24) is 0 Å². The summed E-state index contributed by atoms with van der Waals surface area (Å²) in [5, 5.41) is 0. The number of hydrogen-bond acceptors (Lipinski definition) is 1. The summed E-state index contributed by atoms with van der Waals surface area (Å²) in [4.78, 5) is 10.4. The minimum absolute atomic E-state index is 0.400. The third kappa shape index (κ3) is 2.69. The first kappa shape index (κ1) is 9.97. The van der Waals surface area contributed by atoms with Crippen molar-refractivity contribution in [2.24, 2.45) is 0 Å². The number of hydrogen-bond donors (Lipinski definition) is 0. The van der Waals surface area contributed by atoms with E-state index >= 15 is 0 Å². The highest BCUT2D eigenvalue weighted by Gasteiger charge is 2.07. The molecule has 1 atom stereocenters. The van der Waals surface area contributed by atoms with Crippen molar-refractivity contribution in [2.75, 3.05) is 0 Å². The van der Waals surface area contributed by atoms with Crippen LogP contribution in [0.4, 0.5) is 0 Å². The molecule has 0 saturated carbocycles. The Balaban J connectivity index is 2.84. The number of benzene rings is 1. The van der Waals surface area contributed by atoms with Gasteiger partial charge in [-0.2, -0.15) is 0 Å². The molecule has 13 heavy (non-hydrogen) atoms. The predicted molar refractivity (Wildman–Crippen MR) is 54.9 cm³/mol. The molecule has 0 N–H and O–H groups in total. The Morgan fingerprint density at radius 2 is 2.23 bits per heavy atom. The average Bonchev–Trinajstić information content (AvgIpc) is 2.14. The van der Waals surface area contributed by atoms with E-state index in [9.17, 15) is 4.79 Å². The van der Waals surface area contributed by atoms with E-state index in [1.165, 1.54) is 11.1 Å². The summed E-state index contributed by atoms with van der Waals surface area (Å²) in [5.41, 5.74) is 2.55. The van der Waals surface area contributed by atoms with Crippen LogP contribution in [-0.4, -0.2) is 6.29 Å². The molecule has 1 nitrogen and oxygen atoms in total. The Labute approximate surface area is 79.8 Å². The molecule has 0 bridgehead atoms. The van der Waals surface area contributed by atoms with Gasteiger partial charge in [-0.15, -0.1) is 0 Å². The predicted octanol–water partition coefficient (Wildman–Crippen LogP) is 3.08. The van der Waals surface area contributed by atoms with Crippen LogP contribution in [-0.2, 0) is 4.79 Å². The first-order chi connectivity index (χ1) is 6.27. The Hall–Kier alpha value is -1.11. The molecule has 0 radical (unpaired) electrons. The van der Waals surface area contributed by atoms with E-state index in [-0.39, 0.29) is 0 Å². The van der Waals surface area contributed by atoms with Gasteiger partial charge in [0.25, 0.3) is 0 Å². The number of rotatable bonds is 4. The van der Waals surface area contributed by atoms with Crippen molar-refractivity contribution < 1.29 is 4.79 Å². The zero-order valence-electron chi connectivity index (χ0n) is 8.29. The van der Waals surface area contributed by atoms with Gasteiger partial charge in [0.05, 0.1) is 0 Å². The highest BCUT2D eigenvalue weighted by atomic mass is 16.1. The van der Waals surface area contributed by atoms with E-state index in [2.05, 4.69) is 38.1 Å². The summed E-state index contributed by atoms with van der Waals surface area (Å²) in [5.74, 6) is 0.400. The Bertz CT molecular complexity index is 278. The molecule has 0 spiro atoms. The number of carbonyl (C=O) groups is 1. The third-order valence-electron chi connectivity index (χ3n) is 2.39. The van der Waals surface area contributed by atoms with Crippen molar-refractivity contribution in [3.63, 3.8) is 0 Å². The summed E-state index contributed by atoms with van der Waals surface area (Å²) < 4.78 is 0. The molecule has 1 unspecified atom stereocenters. The second kappa shape index (κ2) is 4.80. The van der Waals surface area contributed by atoms with Gasteiger partial charge in [-0.25, -0.2) is 0 Å². The number of carbonyl (C=O) groups excluding carboxylic acids is 1. The highest BCUT2D eigenvalue weighted by molar-refractivity contribution is 5.51. The molecule has 1 aromatic carbocycles. The van der Waals surface area contributed by atoms with E-state index in [1.807, 2.05) is 0 Å². The van der Waals surface area contributed by atoms with Gasteiger partial charge in [0, 0.05) is 6.42 Å². The van der Waals surface area contributed by atoms with Gasteiger partial charge in [-0.05, 0) is 24.8 Å². The molecule has 0 heterocycles. The summed E-state index contributed by atoms with van der Waals surface area (Å²) in [6.45, 7) is 4.20. The lowest BCUT2D eigenvalue weighted by molar-refractivity contribution is -0.108. The zero-order valence-corrected chi connectivity index (χ0v) is 8.29. The lowest BCUT2D eigenvalue weighted by Gasteiger charge is -2.12. The van der Waals surface area contributed by atoms with Crippen molar-refractivity contribution in [1.29, 1.82) is 0 Å². The fourth-order valence-electron chi connectivity index (χ4n) is 1.58. The van der Waals surface area contributed by atoms with E-state index in [1.54, 1.807) is 0 Å². The van der Waals surface area contributed by atoms with Crippen LogP contribution in [0.1, 0.15) is 36.8 Å². The Morgan fingerprint density at radius 3 is 2.77 bits per heavy atom. The summed E-state index contributed by atoms with van der Waals surface area (Å²) in [7, 11) is 0. The zero-order chi connectivity index (χ0) is 9.68. The minimum atomic E-state index is 0.400. The van der Waals surface area contributed by atoms with Gasteiger partial charge in [0.15, 0.2) is 0 Å². The van der Waals surface area contributed by atoms with Crippen LogP contribution in [0.25, 0.3) is 0 Å². The van der Waals surface area contributed by atoms with Crippen LogP contribution in [0, 0.1) is 6.92 Å². The van der Waals surface area contributed by atoms with Crippen LogP contribution >= 0.6 is 0 Å². The number of aryl methyl sites for hydroxylation is 1. The van der Waals surface area contributed by atoms with Gasteiger partial charge >= 0.3 is 0 Å². The van der Waals surface area contributed by atoms with Crippen molar-refractivity contribution in [3.8, 4) is 0 Å². The molecule has 0 aliphatic rings. The molecule has 0 aliphatic heterocycles. The largest absolute Gasteiger partial charge is 0.303 e. The topological polar surface area (TPSA) is 17.1 Å². The van der Waals surface area contributed by atoms with E-state index in [0.29, 0.717) is 12.3 Å². The molecule has 0 saturated heterocycles. The molecule has 70 valence electrons. The molecule has 0 aromatic heterocycles. The maximum atomic E-state index is 10.4. The maximum absolute atomic E-state index is 10.4. The summed E-state index contributed by atoms with van der Waals surface area (Å²) >= 11 is 0. The second-order valence-electron chi connectivity index (χ2n) is 3.42. The van der Waals surface area contributed by atoms with Crippen LogP contribution in [0.15, 0.2) is 24.3 Å². The van der Waals surface area contributed by atoms with Crippen LogP contribution < -0.4 is 0 Å². The van der Waals surface area contributed by atoms with Crippen molar-refractivity contribution in [2.45, 2.75) is 32.6 Å². The van der Waals surface area contributed by atoms with E-state index < -0.39 is 0 Å². The van der Waals surface area contributed by atoms with Crippen molar-refractivity contribution >= 4 is 6.29 Å². The first-order valence-corrected chi connectivity index (χ1v) is 4.78.